The summed E-state index contributed by atoms with van der Waals surface area (Å²) in [6.45, 7) is 8.92. The summed E-state index contributed by atoms with van der Waals surface area (Å²) >= 11 is 0. The molecule has 1 heterocycles. The van der Waals surface area contributed by atoms with E-state index < -0.39 is 10.0 Å². The topological polar surface area (TPSA) is 63.4 Å². The monoisotopic (exact) mass is 308 g/mol. The fraction of sp³-hybridized carbons (Fsp3) is 0.500. The number of nitrogens with two attached hydrogens (primary N) is 1. The number of hydrogen-bond donors (Lipinski definition) is 1. The van der Waals surface area contributed by atoms with Crippen LogP contribution in [-0.4, -0.2) is 25.8 Å². The molecule has 1 saturated heterocycles. The van der Waals surface area contributed by atoms with E-state index in [4.69, 9.17) is 5.73 Å². The zero-order valence-corrected chi connectivity index (χ0v) is 13.6. The summed E-state index contributed by atoms with van der Waals surface area (Å²) in [6, 6.07) is 7.18. The van der Waals surface area contributed by atoms with Crippen molar-refractivity contribution in [3.05, 3.63) is 42.1 Å². The highest BCUT2D eigenvalue weighted by Crippen LogP contribution is 2.26. The van der Waals surface area contributed by atoms with Gasteiger partial charge in [0.05, 0.1) is 4.90 Å². The van der Waals surface area contributed by atoms with Crippen LogP contribution in [0.4, 0.5) is 0 Å². The molecule has 0 spiro atoms. The van der Waals surface area contributed by atoms with Crippen LogP contribution in [0.5, 0.6) is 0 Å². The first-order valence-corrected chi connectivity index (χ1v) is 8.80. The van der Waals surface area contributed by atoms with Gasteiger partial charge in [0, 0.05) is 24.7 Å². The van der Waals surface area contributed by atoms with E-state index in [1.54, 1.807) is 12.1 Å². The van der Waals surface area contributed by atoms with Gasteiger partial charge in [0.1, 0.15) is 0 Å². The fourth-order valence-electron chi connectivity index (χ4n) is 2.64. The minimum atomic E-state index is -3.43. The normalized spacial score (nSPS) is 20.6. The van der Waals surface area contributed by atoms with Gasteiger partial charge in [-0.15, -0.1) is 0 Å². The van der Waals surface area contributed by atoms with E-state index in [2.05, 4.69) is 20.4 Å². The Kier molecular flexibility index (Phi) is 4.74. The molecule has 1 atom stereocenters. The summed E-state index contributed by atoms with van der Waals surface area (Å²) in [5.74, 6) is 0.449. The van der Waals surface area contributed by atoms with Gasteiger partial charge in [-0.05, 0) is 36.5 Å². The maximum Gasteiger partial charge on any atom is 0.243 e. The highest BCUT2D eigenvalue weighted by molar-refractivity contribution is 7.89. The standard InChI is InChI=1S/C16H24N2O2S/c1-12(2)14-6-8-16(9-7-14)21(19,20)18-10-4-5-15(11-18)13(3)17/h6-9,12,15H,3-5,10-11,17H2,1-2H3. The molecule has 0 bridgehead atoms. The number of hydrogen-bond acceptors (Lipinski definition) is 3. The highest BCUT2D eigenvalue weighted by Gasteiger charge is 2.30. The first-order valence-electron chi connectivity index (χ1n) is 7.36. The van der Waals surface area contributed by atoms with Crippen LogP contribution in [0.2, 0.25) is 0 Å². The lowest BCUT2D eigenvalue weighted by atomic mass is 9.97. The predicted octanol–water partition coefficient (Wildman–Crippen LogP) is 2.68. The second kappa shape index (κ2) is 6.20. The van der Waals surface area contributed by atoms with Gasteiger partial charge in [-0.1, -0.05) is 32.6 Å². The van der Waals surface area contributed by atoms with E-state index in [0.29, 0.717) is 29.6 Å². The first-order chi connectivity index (χ1) is 9.82. The number of nitrogens with zero attached hydrogens (tertiary/aromatic N) is 1. The molecule has 0 aliphatic carbocycles. The Morgan fingerprint density at radius 3 is 2.48 bits per heavy atom. The molecule has 1 aromatic carbocycles. The molecule has 2 N–H and O–H groups in total. The summed E-state index contributed by atoms with van der Waals surface area (Å²) in [5.41, 5.74) is 7.46. The molecule has 0 saturated carbocycles. The Morgan fingerprint density at radius 2 is 1.95 bits per heavy atom. The second-order valence-corrected chi connectivity index (χ2v) is 7.94. The zero-order chi connectivity index (χ0) is 15.6. The van der Waals surface area contributed by atoms with Crippen molar-refractivity contribution in [1.82, 2.24) is 4.31 Å². The van der Waals surface area contributed by atoms with Crippen LogP contribution in [0.3, 0.4) is 0 Å². The quantitative estimate of drug-likeness (QED) is 0.930. The van der Waals surface area contributed by atoms with E-state index >= 15 is 0 Å². The molecule has 116 valence electrons. The van der Waals surface area contributed by atoms with Crippen molar-refractivity contribution in [2.75, 3.05) is 13.1 Å². The Morgan fingerprint density at radius 1 is 1.33 bits per heavy atom. The average Bonchev–Trinajstić information content (AvgIpc) is 2.47. The molecular formula is C16H24N2O2S. The van der Waals surface area contributed by atoms with E-state index in [9.17, 15) is 8.42 Å². The van der Waals surface area contributed by atoms with Gasteiger partial charge in [-0.25, -0.2) is 8.42 Å². The van der Waals surface area contributed by atoms with E-state index in [-0.39, 0.29) is 5.92 Å². The third kappa shape index (κ3) is 3.47. The molecule has 4 nitrogen and oxygen atoms in total. The van der Waals surface area contributed by atoms with Gasteiger partial charge < -0.3 is 5.73 Å². The SMILES string of the molecule is C=C(N)C1CCCN(S(=O)(=O)c2ccc(C(C)C)cc2)C1. The maximum absolute atomic E-state index is 12.7. The molecule has 1 aliphatic rings. The molecule has 1 aliphatic heterocycles. The van der Waals surface area contributed by atoms with Crippen LogP contribution >= 0.6 is 0 Å². The van der Waals surface area contributed by atoms with Crippen molar-refractivity contribution in [3.8, 4) is 0 Å². The lowest BCUT2D eigenvalue weighted by molar-refractivity contribution is 0.291. The Hall–Kier alpha value is -1.33. The molecule has 0 amide bonds. The maximum atomic E-state index is 12.7. The van der Waals surface area contributed by atoms with Gasteiger partial charge in [0.25, 0.3) is 0 Å². The lowest BCUT2D eigenvalue weighted by Gasteiger charge is -2.32. The minimum Gasteiger partial charge on any atom is -0.402 e. The van der Waals surface area contributed by atoms with Crippen molar-refractivity contribution in [1.29, 1.82) is 0 Å². The van der Waals surface area contributed by atoms with Gasteiger partial charge in [-0.2, -0.15) is 4.31 Å². The van der Waals surface area contributed by atoms with Gasteiger partial charge in [0.15, 0.2) is 0 Å². The highest BCUT2D eigenvalue weighted by atomic mass is 32.2. The van der Waals surface area contributed by atoms with Crippen LogP contribution in [0.1, 0.15) is 38.2 Å². The van der Waals surface area contributed by atoms with Crippen molar-refractivity contribution in [2.45, 2.75) is 37.5 Å². The second-order valence-electron chi connectivity index (χ2n) is 6.00. The molecular weight excluding hydrogens is 284 g/mol. The van der Waals surface area contributed by atoms with E-state index in [0.717, 1.165) is 18.4 Å². The Bertz CT molecular complexity index is 606. The van der Waals surface area contributed by atoms with E-state index in [1.165, 1.54) is 4.31 Å². The summed E-state index contributed by atoms with van der Waals surface area (Å²) in [4.78, 5) is 0.357. The molecule has 2 rings (SSSR count). The molecule has 1 aromatic rings. The number of rotatable bonds is 4. The molecule has 0 radical (unpaired) electrons. The summed E-state index contributed by atoms with van der Waals surface area (Å²) in [5, 5.41) is 0. The number of sulfonamides is 1. The van der Waals surface area contributed by atoms with Crippen LogP contribution < -0.4 is 5.73 Å². The predicted molar refractivity (Wildman–Crippen MR) is 85.3 cm³/mol. The van der Waals surface area contributed by atoms with Crippen LogP contribution in [0.15, 0.2) is 41.4 Å². The Labute approximate surface area is 127 Å². The smallest absolute Gasteiger partial charge is 0.243 e. The molecule has 1 fully saturated rings. The third-order valence-corrected chi connectivity index (χ3v) is 5.97. The van der Waals surface area contributed by atoms with E-state index in [1.807, 2.05) is 12.1 Å². The van der Waals surface area contributed by atoms with Crippen molar-refractivity contribution < 1.29 is 8.42 Å². The Balaban J connectivity index is 2.22. The minimum absolute atomic E-state index is 0.0588. The van der Waals surface area contributed by atoms with Gasteiger partial charge >= 0.3 is 0 Å². The van der Waals surface area contributed by atoms with Crippen LogP contribution in [0, 0.1) is 5.92 Å². The van der Waals surface area contributed by atoms with Gasteiger partial charge in [0.2, 0.25) is 10.0 Å². The average molecular weight is 308 g/mol. The molecule has 5 heteroatoms. The lowest BCUT2D eigenvalue weighted by Crippen LogP contribution is -2.41. The third-order valence-electron chi connectivity index (χ3n) is 4.09. The fourth-order valence-corrected chi connectivity index (χ4v) is 4.16. The number of piperidine rings is 1. The summed E-state index contributed by atoms with van der Waals surface area (Å²) < 4.78 is 26.9. The molecule has 0 aromatic heterocycles. The van der Waals surface area contributed by atoms with Crippen molar-refractivity contribution in [3.63, 3.8) is 0 Å². The van der Waals surface area contributed by atoms with Crippen LogP contribution in [0.25, 0.3) is 0 Å². The zero-order valence-electron chi connectivity index (χ0n) is 12.7. The molecule has 1 unspecified atom stereocenters. The summed E-state index contributed by atoms with van der Waals surface area (Å²) in [7, 11) is -3.43. The first kappa shape index (κ1) is 16.0. The largest absolute Gasteiger partial charge is 0.402 e. The summed E-state index contributed by atoms with van der Waals surface area (Å²) in [6.07, 6.45) is 1.73. The van der Waals surface area contributed by atoms with Crippen LogP contribution in [-0.2, 0) is 10.0 Å². The number of benzene rings is 1. The van der Waals surface area contributed by atoms with Gasteiger partial charge in [-0.3, -0.25) is 0 Å². The van der Waals surface area contributed by atoms with Crippen molar-refractivity contribution >= 4 is 10.0 Å². The molecule has 21 heavy (non-hydrogen) atoms. The van der Waals surface area contributed by atoms with Crippen molar-refractivity contribution in [2.24, 2.45) is 11.7 Å².